The summed E-state index contributed by atoms with van der Waals surface area (Å²) in [7, 11) is 1.96. The summed E-state index contributed by atoms with van der Waals surface area (Å²) in [4.78, 5) is 42.0. The van der Waals surface area contributed by atoms with Crippen molar-refractivity contribution in [2.75, 3.05) is 50.4 Å². The first-order valence-electron chi connectivity index (χ1n) is 14.7. The molecule has 1 aliphatic carbocycles. The molecule has 0 atom stereocenters. The van der Waals surface area contributed by atoms with Crippen molar-refractivity contribution < 1.29 is 19.1 Å². The van der Waals surface area contributed by atoms with Gasteiger partial charge in [-0.25, -0.2) is 4.79 Å². The summed E-state index contributed by atoms with van der Waals surface area (Å²) in [6, 6.07) is 25.2. The zero-order valence-corrected chi connectivity index (χ0v) is 24.1. The van der Waals surface area contributed by atoms with E-state index in [2.05, 4.69) is 25.8 Å². The number of carbonyl (C=O) groups excluding carboxylic acids is 3. The van der Waals surface area contributed by atoms with E-state index in [-0.39, 0.29) is 17.9 Å². The molecule has 1 aliphatic heterocycles. The third-order valence-corrected chi connectivity index (χ3v) is 7.74. The van der Waals surface area contributed by atoms with Gasteiger partial charge in [0, 0.05) is 49.0 Å². The summed E-state index contributed by atoms with van der Waals surface area (Å²) in [6.45, 7) is 3.12. The predicted octanol–water partition coefficient (Wildman–Crippen LogP) is 4.83. The maximum atomic E-state index is 12.7. The fourth-order valence-corrected chi connectivity index (χ4v) is 5.24. The molecular weight excluding hydrogens is 530 g/mol. The van der Waals surface area contributed by atoms with Crippen molar-refractivity contribution in [3.63, 3.8) is 0 Å². The topological polar surface area (TPSA) is 103 Å². The molecule has 9 nitrogen and oxygen atoms in total. The third-order valence-electron chi connectivity index (χ3n) is 7.74. The highest BCUT2D eigenvalue weighted by molar-refractivity contribution is 5.97. The highest BCUT2D eigenvalue weighted by Crippen LogP contribution is 2.28. The number of likely N-dealkylation sites (tertiary alicyclic amines) is 1. The van der Waals surface area contributed by atoms with Crippen LogP contribution >= 0.6 is 0 Å². The van der Waals surface area contributed by atoms with Crippen molar-refractivity contribution in [3.8, 4) is 11.1 Å². The number of nitrogens with zero attached hydrogens (tertiary/aromatic N) is 2. The van der Waals surface area contributed by atoms with Gasteiger partial charge in [-0.3, -0.25) is 19.8 Å². The minimum absolute atomic E-state index is 0.0798. The molecule has 5 rings (SSSR count). The lowest BCUT2D eigenvalue weighted by Crippen LogP contribution is -2.42. The van der Waals surface area contributed by atoms with E-state index < -0.39 is 6.09 Å². The van der Waals surface area contributed by atoms with Gasteiger partial charge in [0.25, 0.3) is 5.91 Å². The van der Waals surface area contributed by atoms with E-state index in [4.69, 9.17) is 4.74 Å². The molecule has 0 spiro atoms. The molecule has 0 radical (unpaired) electrons. The number of hydrogen-bond acceptors (Lipinski definition) is 6. The van der Waals surface area contributed by atoms with E-state index in [1.54, 1.807) is 24.3 Å². The number of hydrogen-bond donors (Lipinski definition) is 3. The molecule has 0 aromatic heterocycles. The van der Waals surface area contributed by atoms with E-state index in [1.165, 1.54) is 0 Å². The van der Waals surface area contributed by atoms with Crippen LogP contribution in [0.25, 0.3) is 11.1 Å². The number of piperidine rings is 1. The average Bonchev–Trinajstić information content (AvgIpc) is 3.85. The second-order valence-electron chi connectivity index (χ2n) is 11.0. The van der Waals surface area contributed by atoms with Gasteiger partial charge in [0.2, 0.25) is 5.91 Å². The number of ether oxygens (including phenoxy) is 1. The first kappa shape index (κ1) is 29.3. The molecule has 1 heterocycles. The molecule has 3 N–H and O–H groups in total. The van der Waals surface area contributed by atoms with Gasteiger partial charge in [0.05, 0.1) is 12.2 Å². The van der Waals surface area contributed by atoms with Crippen LogP contribution in [-0.2, 0) is 9.53 Å². The van der Waals surface area contributed by atoms with Gasteiger partial charge in [-0.15, -0.1) is 0 Å². The zero-order chi connectivity index (χ0) is 29.3. The lowest BCUT2D eigenvalue weighted by atomic mass is 10.0. The van der Waals surface area contributed by atoms with Gasteiger partial charge >= 0.3 is 6.09 Å². The second kappa shape index (κ2) is 14.1. The highest BCUT2D eigenvalue weighted by Gasteiger charge is 2.27. The van der Waals surface area contributed by atoms with Gasteiger partial charge in [0.15, 0.2) is 0 Å². The molecule has 3 aromatic rings. The number of para-hydroxylation sites is 1. The van der Waals surface area contributed by atoms with Crippen molar-refractivity contribution >= 4 is 29.3 Å². The molecule has 0 bridgehead atoms. The summed E-state index contributed by atoms with van der Waals surface area (Å²) in [5.41, 5.74) is 3.82. The van der Waals surface area contributed by atoms with Crippen LogP contribution in [0.15, 0.2) is 78.9 Å². The van der Waals surface area contributed by atoms with Crippen LogP contribution in [0, 0.1) is 0 Å². The van der Waals surface area contributed by atoms with Crippen LogP contribution in [0.1, 0.15) is 36.0 Å². The molecule has 0 unspecified atom stereocenters. The minimum atomic E-state index is -0.447. The first-order valence-corrected chi connectivity index (χ1v) is 14.7. The average molecular weight is 570 g/mol. The summed E-state index contributed by atoms with van der Waals surface area (Å²) in [5, 5.41) is 8.78. The van der Waals surface area contributed by atoms with Crippen molar-refractivity contribution in [3.05, 3.63) is 84.4 Å². The Morgan fingerprint density at radius 3 is 2.38 bits per heavy atom. The van der Waals surface area contributed by atoms with E-state index >= 15 is 0 Å². The van der Waals surface area contributed by atoms with E-state index in [1.807, 2.05) is 61.6 Å². The Labute approximate surface area is 247 Å². The lowest BCUT2D eigenvalue weighted by molar-refractivity contribution is -0.117. The van der Waals surface area contributed by atoms with Gasteiger partial charge in [0.1, 0.15) is 6.10 Å². The summed E-state index contributed by atoms with van der Waals surface area (Å²) < 4.78 is 5.73. The van der Waals surface area contributed by atoms with Crippen LogP contribution < -0.4 is 16.0 Å². The predicted molar refractivity (Wildman–Crippen MR) is 165 cm³/mol. The largest absolute Gasteiger partial charge is 0.446 e. The smallest absolute Gasteiger partial charge is 0.411 e. The van der Waals surface area contributed by atoms with Gasteiger partial charge in [-0.05, 0) is 62.6 Å². The maximum absolute atomic E-state index is 12.7. The normalized spacial score (nSPS) is 15.7. The van der Waals surface area contributed by atoms with E-state index in [9.17, 15) is 14.4 Å². The van der Waals surface area contributed by atoms with Crippen LogP contribution in [0.4, 0.5) is 16.2 Å². The number of amides is 3. The number of carbonyl (C=O) groups is 3. The number of likely N-dealkylation sites (N-methyl/N-ethyl adjacent to an activating group) is 1. The van der Waals surface area contributed by atoms with Crippen LogP contribution in [0.2, 0.25) is 0 Å². The van der Waals surface area contributed by atoms with Crippen molar-refractivity contribution in [2.24, 2.45) is 0 Å². The van der Waals surface area contributed by atoms with Crippen molar-refractivity contribution in [1.29, 1.82) is 0 Å². The molecule has 1 saturated heterocycles. The molecule has 1 saturated carbocycles. The first-order chi connectivity index (χ1) is 20.4. The third kappa shape index (κ3) is 8.41. The Morgan fingerprint density at radius 2 is 1.62 bits per heavy atom. The molecular formula is C33H39N5O4. The van der Waals surface area contributed by atoms with Crippen molar-refractivity contribution in [1.82, 2.24) is 15.1 Å². The Morgan fingerprint density at radius 1 is 0.881 bits per heavy atom. The Kier molecular flexibility index (Phi) is 9.84. The lowest BCUT2D eigenvalue weighted by Gasteiger charge is -2.31. The number of nitrogens with one attached hydrogen (secondary N) is 3. The SMILES string of the molecule is CN(CC(=O)Nc1cccc(C(=O)NCCN2CCC(OC(=O)Nc3ccccc3-c3ccccc3)CC2)c1)C1CC1. The maximum Gasteiger partial charge on any atom is 0.411 e. The number of benzene rings is 3. The number of anilines is 2. The zero-order valence-electron chi connectivity index (χ0n) is 24.1. The number of rotatable bonds is 11. The molecule has 3 amide bonds. The second-order valence-corrected chi connectivity index (χ2v) is 11.0. The van der Waals surface area contributed by atoms with Crippen LogP contribution in [-0.4, -0.2) is 79.6 Å². The Bertz CT molecular complexity index is 1370. The summed E-state index contributed by atoms with van der Waals surface area (Å²) in [6.07, 6.45) is 3.17. The fourth-order valence-electron chi connectivity index (χ4n) is 5.24. The Balaban J connectivity index is 1.01. The van der Waals surface area contributed by atoms with Gasteiger partial charge < -0.3 is 20.3 Å². The van der Waals surface area contributed by atoms with Gasteiger partial charge in [-0.1, -0.05) is 54.6 Å². The molecule has 2 aliphatic rings. The van der Waals surface area contributed by atoms with E-state index in [0.717, 1.165) is 55.6 Å². The monoisotopic (exact) mass is 569 g/mol. The molecule has 2 fully saturated rings. The molecule has 220 valence electrons. The van der Waals surface area contributed by atoms with E-state index in [0.29, 0.717) is 36.9 Å². The fraction of sp³-hybridized carbons (Fsp3) is 0.364. The van der Waals surface area contributed by atoms with Crippen molar-refractivity contribution in [2.45, 2.75) is 37.8 Å². The van der Waals surface area contributed by atoms with Crippen LogP contribution in [0.3, 0.4) is 0 Å². The van der Waals surface area contributed by atoms with Gasteiger partial charge in [-0.2, -0.15) is 0 Å². The molecule has 42 heavy (non-hydrogen) atoms. The Hall–Kier alpha value is -4.21. The molecule has 3 aromatic carbocycles. The minimum Gasteiger partial charge on any atom is -0.446 e. The summed E-state index contributed by atoms with van der Waals surface area (Å²) >= 11 is 0. The quantitative estimate of drug-likeness (QED) is 0.306. The molecule has 9 heteroatoms. The summed E-state index contributed by atoms with van der Waals surface area (Å²) in [5.74, 6) is -0.254. The standard InChI is InChI=1S/C33H39N5O4/c1-37(27-14-15-27)23-31(39)35-26-11-7-10-25(22-26)32(40)34-18-21-38-19-16-28(17-20-38)42-33(41)36-30-13-6-5-12-29(30)24-8-3-2-4-9-24/h2-13,22,27-28H,14-21,23H2,1H3,(H,34,40)(H,35,39)(H,36,41). The highest BCUT2D eigenvalue weighted by atomic mass is 16.6. The van der Waals surface area contributed by atoms with Crippen LogP contribution in [0.5, 0.6) is 0 Å².